The molecule has 0 aliphatic rings. The highest BCUT2D eigenvalue weighted by Gasteiger charge is 2.23. The minimum atomic E-state index is -3.26. The maximum atomic E-state index is 11.8. The van der Waals surface area contributed by atoms with Gasteiger partial charge >= 0.3 is 0 Å². The van der Waals surface area contributed by atoms with Crippen molar-refractivity contribution in [3.63, 3.8) is 0 Å². The van der Waals surface area contributed by atoms with Crippen LogP contribution in [-0.2, 0) is 14.8 Å². The van der Waals surface area contributed by atoms with E-state index in [1.165, 1.54) is 4.31 Å². The largest absolute Gasteiger partial charge is 0.395 e. The quantitative estimate of drug-likeness (QED) is 0.608. The topological polar surface area (TPSA) is 66.8 Å². The number of rotatable bonds is 8. The van der Waals surface area contributed by atoms with Gasteiger partial charge in [-0.05, 0) is 20.3 Å². The Kier molecular flexibility index (Phi) is 7.08. The minimum Gasteiger partial charge on any atom is -0.395 e. The molecule has 5 nitrogen and oxygen atoms in total. The van der Waals surface area contributed by atoms with E-state index in [1.807, 2.05) is 0 Å². The number of sulfonamides is 1. The maximum absolute atomic E-state index is 11.8. The third-order valence-electron chi connectivity index (χ3n) is 2.00. The van der Waals surface area contributed by atoms with Crippen molar-refractivity contribution < 1.29 is 18.3 Å². The van der Waals surface area contributed by atoms with E-state index in [4.69, 9.17) is 9.84 Å². The highest BCUT2D eigenvalue weighted by Crippen LogP contribution is 2.08. The molecule has 0 aliphatic heterocycles. The van der Waals surface area contributed by atoms with Crippen LogP contribution >= 0.6 is 0 Å². The molecule has 0 atom stereocenters. The summed E-state index contributed by atoms with van der Waals surface area (Å²) in [6.07, 6.45) is 0.480. The molecule has 0 aliphatic carbocycles. The molecule has 0 aromatic carbocycles. The van der Waals surface area contributed by atoms with Crippen LogP contribution in [-0.4, -0.2) is 56.5 Å². The lowest BCUT2D eigenvalue weighted by atomic mass is 10.4. The molecule has 0 heterocycles. The Labute approximate surface area is 92.1 Å². The summed E-state index contributed by atoms with van der Waals surface area (Å²) < 4.78 is 29.7. The monoisotopic (exact) mass is 239 g/mol. The fourth-order valence-electron chi connectivity index (χ4n) is 1.32. The van der Waals surface area contributed by atoms with Crippen molar-refractivity contribution in [2.24, 2.45) is 0 Å². The van der Waals surface area contributed by atoms with Crippen molar-refractivity contribution >= 4 is 10.0 Å². The summed E-state index contributed by atoms with van der Waals surface area (Å²) in [6, 6.07) is -0.121. The number of methoxy groups -OCH3 is 1. The van der Waals surface area contributed by atoms with Gasteiger partial charge in [0, 0.05) is 26.3 Å². The standard InChI is InChI=1S/C9H21NO4S/c1-9(2)10(5-6-11)15(12,13)8-4-7-14-3/h9,11H,4-8H2,1-3H3. The molecule has 0 rings (SSSR count). The summed E-state index contributed by atoms with van der Waals surface area (Å²) in [4.78, 5) is 0. The first-order valence-electron chi connectivity index (χ1n) is 5.05. The van der Waals surface area contributed by atoms with Gasteiger partial charge in [-0.25, -0.2) is 8.42 Å². The van der Waals surface area contributed by atoms with Gasteiger partial charge in [0.1, 0.15) is 0 Å². The van der Waals surface area contributed by atoms with Crippen LogP contribution in [0.3, 0.4) is 0 Å². The average molecular weight is 239 g/mol. The molecule has 0 radical (unpaired) electrons. The Morgan fingerprint density at radius 2 is 2.00 bits per heavy atom. The van der Waals surface area contributed by atoms with E-state index in [1.54, 1.807) is 21.0 Å². The number of hydrogen-bond donors (Lipinski definition) is 1. The minimum absolute atomic E-state index is 0.0685. The van der Waals surface area contributed by atoms with E-state index >= 15 is 0 Å². The second kappa shape index (κ2) is 7.16. The first-order chi connectivity index (χ1) is 6.95. The summed E-state index contributed by atoms with van der Waals surface area (Å²) in [5.41, 5.74) is 0. The molecule has 0 amide bonds. The Bertz CT molecular complexity index is 251. The van der Waals surface area contributed by atoms with E-state index < -0.39 is 10.0 Å². The van der Waals surface area contributed by atoms with Crippen LogP contribution in [0.5, 0.6) is 0 Å². The van der Waals surface area contributed by atoms with Crippen molar-refractivity contribution in [2.45, 2.75) is 26.3 Å². The molecule has 0 fully saturated rings. The summed E-state index contributed by atoms with van der Waals surface area (Å²) in [5.74, 6) is 0.0685. The van der Waals surface area contributed by atoms with Gasteiger partial charge in [-0.2, -0.15) is 4.31 Å². The van der Waals surface area contributed by atoms with Gasteiger partial charge in [-0.1, -0.05) is 0 Å². The maximum Gasteiger partial charge on any atom is 0.214 e. The van der Waals surface area contributed by atoms with Gasteiger partial charge < -0.3 is 9.84 Å². The molecule has 6 heteroatoms. The van der Waals surface area contributed by atoms with Gasteiger partial charge in [-0.3, -0.25) is 0 Å². The van der Waals surface area contributed by atoms with Crippen molar-refractivity contribution in [3.05, 3.63) is 0 Å². The lowest BCUT2D eigenvalue weighted by Gasteiger charge is -2.24. The van der Waals surface area contributed by atoms with Crippen LogP contribution < -0.4 is 0 Å². The smallest absolute Gasteiger partial charge is 0.214 e. The Hall–Kier alpha value is -0.170. The molecular weight excluding hydrogens is 218 g/mol. The molecule has 0 aromatic heterocycles. The van der Waals surface area contributed by atoms with Crippen LogP contribution in [0.1, 0.15) is 20.3 Å². The third-order valence-corrected chi connectivity index (χ3v) is 4.13. The van der Waals surface area contributed by atoms with Crippen LogP contribution in [0.15, 0.2) is 0 Å². The Balaban J connectivity index is 4.37. The molecule has 0 spiro atoms. The summed E-state index contributed by atoms with van der Waals surface area (Å²) in [5, 5.41) is 8.79. The van der Waals surface area contributed by atoms with Gasteiger partial charge in [-0.15, -0.1) is 0 Å². The van der Waals surface area contributed by atoms with Gasteiger partial charge in [0.25, 0.3) is 0 Å². The van der Waals surface area contributed by atoms with E-state index in [0.29, 0.717) is 13.0 Å². The zero-order valence-electron chi connectivity index (χ0n) is 9.64. The van der Waals surface area contributed by atoms with E-state index in [9.17, 15) is 8.42 Å². The van der Waals surface area contributed by atoms with Gasteiger partial charge in [0.15, 0.2) is 0 Å². The SMILES string of the molecule is COCCCS(=O)(=O)N(CCO)C(C)C. The summed E-state index contributed by atoms with van der Waals surface area (Å²) in [7, 11) is -1.72. The van der Waals surface area contributed by atoms with Crippen LogP contribution in [0.4, 0.5) is 0 Å². The molecule has 0 saturated heterocycles. The molecule has 0 unspecified atom stereocenters. The normalized spacial score (nSPS) is 12.7. The number of nitrogens with zero attached hydrogens (tertiary/aromatic N) is 1. The third kappa shape index (κ3) is 5.46. The zero-order chi connectivity index (χ0) is 11.9. The van der Waals surface area contributed by atoms with Crippen LogP contribution in [0, 0.1) is 0 Å². The van der Waals surface area contributed by atoms with Crippen molar-refractivity contribution in [3.8, 4) is 0 Å². The van der Waals surface area contributed by atoms with Crippen molar-refractivity contribution in [2.75, 3.05) is 32.6 Å². The fraction of sp³-hybridized carbons (Fsp3) is 1.00. The van der Waals surface area contributed by atoms with Crippen LogP contribution in [0.25, 0.3) is 0 Å². The second-order valence-corrected chi connectivity index (χ2v) is 5.63. The van der Waals surface area contributed by atoms with Gasteiger partial charge in [0.2, 0.25) is 10.0 Å². The zero-order valence-corrected chi connectivity index (χ0v) is 10.5. The van der Waals surface area contributed by atoms with E-state index in [2.05, 4.69) is 0 Å². The first kappa shape index (κ1) is 14.8. The van der Waals surface area contributed by atoms with Crippen molar-refractivity contribution in [1.82, 2.24) is 4.31 Å². The molecule has 0 aromatic rings. The fourth-order valence-corrected chi connectivity index (χ4v) is 3.04. The second-order valence-electron chi connectivity index (χ2n) is 3.59. The molecule has 0 bridgehead atoms. The predicted molar refractivity (Wildman–Crippen MR) is 59.2 cm³/mol. The molecule has 1 N–H and O–H groups in total. The number of aliphatic hydroxyl groups is 1. The number of ether oxygens (including phenoxy) is 1. The first-order valence-corrected chi connectivity index (χ1v) is 6.66. The molecule has 0 saturated carbocycles. The lowest BCUT2D eigenvalue weighted by molar-refractivity contribution is 0.198. The Morgan fingerprint density at radius 3 is 2.40 bits per heavy atom. The molecular formula is C9H21NO4S. The van der Waals surface area contributed by atoms with Crippen molar-refractivity contribution in [1.29, 1.82) is 0 Å². The number of hydrogen-bond acceptors (Lipinski definition) is 4. The molecule has 15 heavy (non-hydrogen) atoms. The highest BCUT2D eigenvalue weighted by atomic mass is 32.2. The summed E-state index contributed by atoms with van der Waals surface area (Å²) in [6.45, 7) is 4.03. The highest BCUT2D eigenvalue weighted by molar-refractivity contribution is 7.89. The molecule has 92 valence electrons. The lowest BCUT2D eigenvalue weighted by Crippen LogP contribution is -2.40. The van der Waals surface area contributed by atoms with E-state index in [-0.39, 0.29) is 24.9 Å². The average Bonchev–Trinajstić information content (AvgIpc) is 2.13. The Morgan fingerprint density at radius 1 is 1.40 bits per heavy atom. The van der Waals surface area contributed by atoms with E-state index in [0.717, 1.165) is 0 Å². The summed E-state index contributed by atoms with van der Waals surface area (Å²) >= 11 is 0. The number of aliphatic hydroxyl groups excluding tert-OH is 1. The predicted octanol–water partition coefficient (Wildman–Crippen LogP) is 0.0554. The van der Waals surface area contributed by atoms with Gasteiger partial charge in [0.05, 0.1) is 12.4 Å². The van der Waals surface area contributed by atoms with Crippen LogP contribution in [0.2, 0.25) is 0 Å².